The average molecular weight is 268 g/mol. The van der Waals surface area contributed by atoms with Crippen LogP contribution in [0.3, 0.4) is 0 Å². The van der Waals surface area contributed by atoms with Crippen LogP contribution in [0.2, 0.25) is 0 Å². The Bertz CT molecular complexity index is 317. The molecule has 2 saturated heterocycles. The van der Waals surface area contributed by atoms with Gasteiger partial charge in [0.05, 0.1) is 0 Å². The summed E-state index contributed by atoms with van der Waals surface area (Å²) in [5, 5.41) is 0. The average Bonchev–Trinajstić information content (AvgIpc) is 2.77. The summed E-state index contributed by atoms with van der Waals surface area (Å²) in [6.07, 6.45) is 3.57. The van der Waals surface area contributed by atoms with Crippen LogP contribution in [0.25, 0.3) is 0 Å². The van der Waals surface area contributed by atoms with E-state index in [1.165, 1.54) is 25.9 Å². The van der Waals surface area contributed by atoms with Crippen LogP contribution in [0.5, 0.6) is 0 Å². The van der Waals surface area contributed by atoms with Crippen LogP contribution in [0.15, 0.2) is 0 Å². The molecule has 0 unspecified atom stereocenters. The number of nitrogens with zero attached hydrogens (tertiary/aromatic N) is 2. The highest BCUT2D eigenvalue weighted by Crippen LogP contribution is 2.32. The molecule has 2 rings (SSSR count). The van der Waals surface area contributed by atoms with Crippen molar-refractivity contribution in [3.8, 4) is 0 Å². The zero-order chi connectivity index (χ0) is 14.0. The molecule has 4 nitrogen and oxygen atoms in total. The summed E-state index contributed by atoms with van der Waals surface area (Å²) >= 11 is 0. The lowest BCUT2D eigenvalue weighted by atomic mass is 9.84. The molecule has 4 heteroatoms. The monoisotopic (exact) mass is 268 g/mol. The molecule has 2 aliphatic rings. The standard InChI is InChI=1S/C15H28N2O2/c1-15(2,3)19-14(18)17-10-7-13(11-17)12-5-8-16(4)9-6-12/h12-13H,5-11H2,1-4H3/t13-/m1/s1. The molecule has 1 amide bonds. The van der Waals surface area contributed by atoms with Gasteiger partial charge in [0.25, 0.3) is 0 Å². The summed E-state index contributed by atoms with van der Waals surface area (Å²) in [7, 11) is 2.19. The van der Waals surface area contributed by atoms with E-state index in [0.29, 0.717) is 5.92 Å². The van der Waals surface area contributed by atoms with Gasteiger partial charge in [-0.15, -0.1) is 0 Å². The molecule has 0 aromatic heterocycles. The molecule has 2 aliphatic heterocycles. The van der Waals surface area contributed by atoms with Gasteiger partial charge >= 0.3 is 6.09 Å². The maximum Gasteiger partial charge on any atom is 0.410 e. The number of carbonyl (C=O) groups is 1. The molecule has 0 aromatic rings. The summed E-state index contributed by atoms with van der Waals surface area (Å²) in [5.74, 6) is 1.48. The van der Waals surface area contributed by atoms with Gasteiger partial charge in [-0.1, -0.05) is 0 Å². The number of amides is 1. The lowest BCUT2D eigenvalue weighted by molar-refractivity contribution is 0.0279. The van der Waals surface area contributed by atoms with Crippen LogP contribution in [0.4, 0.5) is 4.79 Å². The Morgan fingerprint density at radius 2 is 1.63 bits per heavy atom. The Labute approximate surface area is 117 Å². The quantitative estimate of drug-likeness (QED) is 0.733. The van der Waals surface area contributed by atoms with Gasteiger partial charge in [-0.25, -0.2) is 4.79 Å². The predicted octanol–water partition coefficient (Wildman–Crippen LogP) is 2.59. The van der Waals surface area contributed by atoms with Gasteiger partial charge < -0.3 is 14.5 Å². The molecule has 0 aliphatic carbocycles. The normalized spacial score (nSPS) is 26.7. The lowest BCUT2D eigenvalue weighted by Crippen LogP contribution is -2.37. The van der Waals surface area contributed by atoms with E-state index < -0.39 is 0 Å². The van der Waals surface area contributed by atoms with Crippen molar-refractivity contribution < 1.29 is 9.53 Å². The number of piperidine rings is 1. The Morgan fingerprint density at radius 1 is 1.05 bits per heavy atom. The lowest BCUT2D eigenvalue weighted by Gasteiger charge is -2.32. The zero-order valence-corrected chi connectivity index (χ0v) is 12.8. The number of likely N-dealkylation sites (tertiary alicyclic amines) is 2. The van der Waals surface area contributed by atoms with Crippen LogP contribution in [0, 0.1) is 11.8 Å². The van der Waals surface area contributed by atoms with Crippen LogP contribution in [-0.4, -0.2) is 54.7 Å². The number of hydrogen-bond acceptors (Lipinski definition) is 3. The van der Waals surface area contributed by atoms with Crippen LogP contribution in [0.1, 0.15) is 40.0 Å². The van der Waals surface area contributed by atoms with Gasteiger partial charge in [0, 0.05) is 13.1 Å². The molecular formula is C15H28N2O2. The second-order valence-electron chi connectivity index (χ2n) is 7.12. The Balaban J connectivity index is 1.81. The third-order valence-corrected chi connectivity index (χ3v) is 4.31. The molecule has 110 valence electrons. The Morgan fingerprint density at radius 3 is 2.21 bits per heavy atom. The maximum atomic E-state index is 12.0. The second kappa shape index (κ2) is 5.70. The molecule has 0 saturated carbocycles. The highest BCUT2D eigenvalue weighted by molar-refractivity contribution is 5.68. The fourth-order valence-electron chi connectivity index (χ4n) is 3.16. The minimum Gasteiger partial charge on any atom is -0.444 e. The topological polar surface area (TPSA) is 32.8 Å². The second-order valence-corrected chi connectivity index (χ2v) is 7.12. The van der Waals surface area contributed by atoms with E-state index in [1.807, 2.05) is 25.7 Å². The largest absolute Gasteiger partial charge is 0.444 e. The van der Waals surface area contributed by atoms with Gasteiger partial charge in [0.1, 0.15) is 5.60 Å². The van der Waals surface area contributed by atoms with Crippen molar-refractivity contribution >= 4 is 6.09 Å². The van der Waals surface area contributed by atoms with Crippen molar-refractivity contribution in [2.45, 2.75) is 45.6 Å². The van der Waals surface area contributed by atoms with Crippen LogP contribution in [-0.2, 0) is 4.74 Å². The fourth-order valence-corrected chi connectivity index (χ4v) is 3.16. The van der Waals surface area contributed by atoms with E-state index in [4.69, 9.17) is 4.74 Å². The highest BCUT2D eigenvalue weighted by atomic mass is 16.6. The molecule has 2 heterocycles. The molecule has 0 spiro atoms. The van der Waals surface area contributed by atoms with Crippen molar-refractivity contribution in [1.29, 1.82) is 0 Å². The third-order valence-electron chi connectivity index (χ3n) is 4.31. The van der Waals surface area contributed by atoms with Crippen LogP contribution < -0.4 is 0 Å². The molecule has 1 atom stereocenters. The summed E-state index contributed by atoms with van der Waals surface area (Å²) in [6.45, 7) is 9.94. The first-order chi connectivity index (χ1) is 8.85. The summed E-state index contributed by atoms with van der Waals surface area (Å²) in [4.78, 5) is 16.3. The third kappa shape index (κ3) is 4.10. The highest BCUT2D eigenvalue weighted by Gasteiger charge is 2.34. The zero-order valence-electron chi connectivity index (χ0n) is 12.8. The van der Waals surface area contributed by atoms with Crippen molar-refractivity contribution in [2.75, 3.05) is 33.2 Å². The minimum absolute atomic E-state index is 0.136. The predicted molar refractivity (Wildman–Crippen MR) is 76.1 cm³/mol. The summed E-state index contributed by atoms with van der Waals surface area (Å²) in [6, 6.07) is 0. The van der Waals surface area contributed by atoms with E-state index >= 15 is 0 Å². The van der Waals surface area contributed by atoms with Gasteiger partial charge in [-0.05, 0) is 72.0 Å². The summed E-state index contributed by atoms with van der Waals surface area (Å²) in [5.41, 5.74) is -0.386. The minimum atomic E-state index is -0.386. The Kier molecular flexibility index (Phi) is 4.39. The van der Waals surface area contributed by atoms with E-state index in [0.717, 1.165) is 25.4 Å². The molecule has 0 N–H and O–H groups in total. The fraction of sp³-hybridized carbons (Fsp3) is 0.933. The van der Waals surface area contributed by atoms with Crippen molar-refractivity contribution in [1.82, 2.24) is 9.80 Å². The van der Waals surface area contributed by atoms with Crippen molar-refractivity contribution in [3.63, 3.8) is 0 Å². The van der Waals surface area contributed by atoms with Crippen LogP contribution >= 0.6 is 0 Å². The van der Waals surface area contributed by atoms with E-state index in [1.54, 1.807) is 0 Å². The number of ether oxygens (including phenoxy) is 1. The van der Waals surface area contributed by atoms with Gasteiger partial charge in [-0.2, -0.15) is 0 Å². The first-order valence-corrected chi connectivity index (χ1v) is 7.51. The Hall–Kier alpha value is -0.770. The van der Waals surface area contributed by atoms with E-state index in [-0.39, 0.29) is 11.7 Å². The summed E-state index contributed by atoms with van der Waals surface area (Å²) < 4.78 is 5.45. The number of hydrogen-bond donors (Lipinski definition) is 0. The molecule has 2 fully saturated rings. The maximum absolute atomic E-state index is 12.0. The van der Waals surface area contributed by atoms with Crippen molar-refractivity contribution in [3.05, 3.63) is 0 Å². The molecular weight excluding hydrogens is 240 g/mol. The van der Waals surface area contributed by atoms with E-state index in [2.05, 4.69) is 11.9 Å². The van der Waals surface area contributed by atoms with E-state index in [9.17, 15) is 4.79 Å². The molecule has 0 radical (unpaired) electrons. The number of rotatable bonds is 1. The number of carbonyl (C=O) groups excluding carboxylic acids is 1. The SMILES string of the molecule is CN1CCC([C@@H]2CCN(C(=O)OC(C)(C)C)C2)CC1. The molecule has 0 bridgehead atoms. The first kappa shape index (κ1) is 14.6. The first-order valence-electron chi connectivity index (χ1n) is 7.51. The smallest absolute Gasteiger partial charge is 0.410 e. The van der Waals surface area contributed by atoms with Crippen molar-refractivity contribution in [2.24, 2.45) is 11.8 Å². The molecule has 19 heavy (non-hydrogen) atoms. The van der Waals surface area contributed by atoms with Gasteiger partial charge in [0.15, 0.2) is 0 Å². The van der Waals surface area contributed by atoms with Gasteiger partial charge in [-0.3, -0.25) is 0 Å². The van der Waals surface area contributed by atoms with Gasteiger partial charge in [0.2, 0.25) is 0 Å². The molecule has 0 aromatic carbocycles.